The third-order valence-corrected chi connectivity index (χ3v) is 3.76. The summed E-state index contributed by atoms with van der Waals surface area (Å²) in [7, 11) is 0. The van der Waals surface area contributed by atoms with Gasteiger partial charge in [0.1, 0.15) is 12.4 Å². The van der Waals surface area contributed by atoms with Gasteiger partial charge in [-0.25, -0.2) is 0 Å². The van der Waals surface area contributed by atoms with Crippen LogP contribution < -0.4 is 15.2 Å². The Kier molecular flexibility index (Phi) is 4.87. The Morgan fingerprint density at radius 1 is 1.25 bits per heavy atom. The van der Waals surface area contributed by atoms with Crippen LogP contribution >= 0.6 is 22.9 Å². The molecule has 4 nitrogen and oxygen atoms in total. The fourth-order valence-electron chi connectivity index (χ4n) is 1.64. The zero-order chi connectivity index (χ0) is 14.5. The SMILES string of the molecule is CCOc1cc(C(=N)N)ccc1OCc1ccc(Cl)s1. The molecule has 0 aliphatic heterocycles. The van der Waals surface area contributed by atoms with E-state index in [2.05, 4.69) is 0 Å². The first-order valence-electron chi connectivity index (χ1n) is 6.08. The molecule has 0 fully saturated rings. The molecule has 1 aromatic heterocycles. The summed E-state index contributed by atoms with van der Waals surface area (Å²) < 4.78 is 12.0. The Labute approximate surface area is 126 Å². The van der Waals surface area contributed by atoms with Crippen molar-refractivity contribution >= 4 is 28.8 Å². The number of hydrogen-bond acceptors (Lipinski definition) is 4. The van der Waals surface area contributed by atoms with Crippen molar-refractivity contribution in [2.24, 2.45) is 5.73 Å². The summed E-state index contributed by atoms with van der Waals surface area (Å²) in [5.41, 5.74) is 6.08. The van der Waals surface area contributed by atoms with Gasteiger partial charge in [-0.3, -0.25) is 5.41 Å². The highest BCUT2D eigenvalue weighted by atomic mass is 35.5. The van der Waals surface area contributed by atoms with Crippen LogP contribution in [0.2, 0.25) is 4.34 Å². The number of nitrogens with two attached hydrogens (primary N) is 1. The molecule has 20 heavy (non-hydrogen) atoms. The average Bonchev–Trinajstić information content (AvgIpc) is 2.83. The second-order valence-electron chi connectivity index (χ2n) is 4.00. The van der Waals surface area contributed by atoms with Gasteiger partial charge in [0.15, 0.2) is 11.5 Å². The minimum absolute atomic E-state index is 0.00235. The van der Waals surface area contributed by atoms with E-state index in [1.807, 2.05) is 19.1 Å². The molecule has 0 saturated carbocycles. The third kappa shape index (κ3) is 3.65. The van der Waals surface area contributed by atoms with Crippen molar-refractivity contribution in [1.82, 2.24) is 0 Å². The number of benzene rings is 1. The van der Waals surface area contributed by atoms with Gasteiger partial charge in [-0.05, 0) is 37.3 Å². The van der Waals surface area contributed by atoms with E-state index in [4.69, 9.17) is 32.2 Å². The van der Waals surface area contributed by atoms with Crippen molar-refractivity contribution in [2.75, 3.05) is 6.61 Å². The monoisotopic (exact) mass is 310 g/mol. The molecule has 0 atom stereocenters. The molecule has 2 aromatic rings. The first-order valence-corrected chi connectivity index (χ1v) is 7.28. The highest BCUT2D eigenvalue weighted by Gasteiger charge is 2.09. The third-order valence-electron chi connectivity index (χ3n) is 2.55. The van der Waals surface area contributed by atoms with Gasteiger partial charge in [0.25, 0.3) is 0 Å². The van der Waals surface area contributed by atoms with Crippen LogP contribution in [0.25, 0.3) is 0 Å². The van der Waals surface area contributed by atoms with E-state index < -0.39 is 0 Å². The average molecular weight is 311 g/mol. The summed E-state index contributed by atoms with van der Waals surface area (Å²) in [6, 6.07) is 8.98. The summed E-state index contributed by atoms with van der Waals surface area (Å²) in [4.78, 5) is 1.04. The molecule has 0 unspecified atom stereocenters. The summed E-state index contributed by atoms with van der Waals surface area (Å²) in [5, 5.41) is 7.44. The lowest BCUT2D eigenvalue weighted by molar-refractivity contribution is 0.271. The van der Waals surface area contributed by atoms with E-state index in [-0.39, 0.29) is 5.84 Å². The van der Waals surface area contributed by atoms with Crippen LogP contribution in [0.4, 0.5) is 0 Å². The lowest BCUT2D eigenvalue weighted by Gasteiger charge is -2.12. The van der Waals surface area contributed by atoms with Gasteiger partial charge < -0.3 is 15.2 Å². The Hall–Kier alpha value is -1.72. The van der Waals surface area contributed by atoms with E-state index in [1.165, 1.54) is 11.3 Å². The number of nitrogen functional groups attached to an aromatic ring is 1. The van der Waals surface area contributed by atoms with Crippen LogP contribution in [-0.4, -0.2) is 12.4 Å². The van der Waals surface area contributed by atoms with Crippen LogP contribution in [0.5, 0.6) is 11.5 Å². The van der Waals surface area contributed by atoms with Gasteiger partial charge >= 0.3 is 0 Å². The van der Waals surface area contributed by atoms with Gasteiger partial charge in [-0.2, -0.15) is 0 Å². The highest BCUT2D eigenvalue weighted by molar-refractivity contribution is 7.16. The van der Waals surface area contributed by atoms with Crippen molar-refractivity contribution in [2.45, 2.75) is 13.5 Å². The Morgan fingerprint density at radius 3 is 2.65 bits per heavy atom. The minimum atomic E-state index is 0.00235. The summed E-state index contributed by atoms with van der Waals surface area (Å²) in [5.74, 6) is 1.21. The van der Waals surface area contributed by atoms with E-state index in [0.717, 1.165) is 9.21 Å². The first kappa shape index (κ1) is 14.7. The van der Waals surface area contributed by atoms with E-state index in [0.29, 0.717) is 30.3 Å². The second kappa shape index (κ2) is 6.63. The van der Waals surface area contributed by atoms with Gasteiger partial charge in [0.2, 0.25) is 0 Å². The van der Waals surface area contributed by atoms with Crippen LogP contribution in [-0.2, 0) is 6.61 Å². The van der Waals surface area contributed by atoms with Crippen LogP contribution in [0.3, 0.4) is 0 Å². The van der Waals surface area contributed by atoms with Crippen molar-refractivity contribution in [3.8, 4) is 11.5 Å². The summed E-state index contributed by atoms with van der Waals surface area (Å²) in [6.07, 6.45) is 0. The molecule has 2 rings (SSSR count). The maximum atomic E-state index is 7.44. The fraction of sp³-hybridized carbons (Fsp3) is 0.214. The number of hydrogen-bond donors (Lipinski definition) is 2. The molecule has 1 heterocycles. The molecule has 106 valence electrons. The number of thiophene rings is 1. The van der Waals surface area contributed by atoms with Gasteiger partial charge in [-0.1, -0.05) is 11.6 Å². The molecular weight excluding hydrogens is 296 g/mol. The minimum Gasteiger partial charge on any atom is -0.490 e. The normalized spacial score (nSPS) is 10.3. The lowest BCUT2D eigenvalue weighted by Crippen LogP contribution is -2.11. The van der Waals surface area contributed by atoms with E-state index in [9.17, 15) is 0 Å². The highest BCUT2D eigenvalue weighted by Crippen LogP contribution is 2.30. The quantitative estimate of drug-likeness (QED) is 0.632. The molecular formula is C14H15ClN2O2S. The Bertz CT molecular complexity index is 613. The van der Waals surface area contributed by atoms with Crippen LogP contribution in [0, 0.1) is 5.41 Å². The summed E-state index contributed by atoms with van der Waals surface area (Å²) >= 11 is 7.36. The van der Waals surface area contributed by atoms with Gasteiger partial charge in [-0.15, -0.1) is 11.3 Å². The van der Waals surface area contributed by atoms with Crippen molar-refractivity contribution in [3.05, 3.63) is 45.1 Å². The molecule has 0 bridgehead atoms. The lowest BCUT2D eigenvalue weighted by atomic mass is 10.2. The molecule has 3 N–H and O–H groups in total. The number of halogens is 1. The number of rotatable bonds is 6. The standard InChI is InChI=1S/C14H15ClN2O2S/c1-2-18-12-7-9(14(16)17)3-5-11(12)19-8-10-4-6-13(15)20-10/h3-7H,2,8H2,1H3,(H3,16,17). The largest absolute Gasteiger partial charge is 0.490 e. The van der Waals surface area contributed by atoms with E-state index in [1.54, 1.807) is 18.2 Å². The van der Waals surface area contributed by atoms with E-state index >= 15 is 0 Å². The van der Waals surface area contributed by atoms with Crippen LogP contribution in [0.15, 0.2) is 30.3 Å². The molecule has 0 saturated heterocycles. The Balaban J connectivity index is 2.15. The topological polar surface area (TPSA) is 68.3 Å². The smallest absolute Gasteiger partial charge is 0.161 e. The fourth-order valence-corrected chi connectivity index (χ4v) is 2.64. The molecule has 0 aliphatic carbocycles. The van der Waals surface area contributed by atoms with Crippen LogP contribution in [0.1, 0.15) is 17.4 Å². The predicted molar refractivity (Wildman–Crippen MR) is 82.3 cm³/mol. The molecule has 0 spiro atoms. The second-order valence-corrected chi connectivity index (χ2v) is 5.80. The Morgan fingerprint density at radius 2 is 2.05 bits per heavy atom. The predicted octanol–water partition coefficient (Wildman–Crippen LogP) is 3.66. The first-order chi connectivity index (χ1) is 9.60. The van der Waals surface area contributed by atoms with Crippen molar-refractivity contribution in [1.29, 1.82) is 5.41 Å². The molecule has 6 heteroatoms. The van der Waals surface area contributed by atoms with Crippen molar-refractivity contribution < 1.29 is 9.47 Å². The molecule has 0 amide bonds. The van der Waals surface area contributed by atoms with Crippen molar-refractivity contribution in [3.63, 3.8) is 0 Å². The molecule has 0 radical (unpaired) electrons. The number of amidine groups is 1. The maximum Gasteiger partial charge on any atom is 0.161 e. The maximum absolute atomic E-state index is 7.44. The van der Waals surface area contributed by atoms with Gasteiger partial charge in [0.05, 0.1) is 10.9 Å². The zero-order valence-corrected chi connectivity index (χ0v) is 12.6. The number of ether oxygens (including phenoxy) is 2. The molecule has 0 aliphatic rings. The molecule has 1 aromatic carbocycles. The zero-order valence-electron chi connectivity index (χ0n) is 11.0. The summed E-state index contributed by atoms with van der Waals surface area (Å²) in [6.45, 7) is 2.84. The van der Waals surface area contributed by atoms with Gasteiger partial charge in [0, 0.05) is 10.4 Å². The number of nitrogens with one attached hydrogen (secondary N) is 1.